The van der Waals surface area contributed by atoms with E-state index in [1.54, 1.807) is 0 Å². The molecule has 52 valence electrons. The van der Waals surface area contributed by atoms with Crippen LogP contribution in [0, 0.1) is 5.92 Å². The van der Waals surface area contributed by atoms with Gasteiger partial charge in [0, 0.05) is 0 Å². The van der Waals surface area contributed by atoms with E-state index >= 15 is 0 Å². The Balaban J connectivity index is 2.34. The largest absolute Gasteiger partial charge is 0.362 e. The molecule has 0 bridgehead atoms. The zero-order valence-electron chi connectivity index (χ0n) is 5.89. The summed E-state index contributed by atoms with van der Waals surface area (Å²) >= 11 is 0. The SMILES string of the molecule is CCC(C)C1OCC1=O. The normalized spacial score (nSPS) is 29.6. The Morgan fingerprint density at radius 1 is 1.89 bits per heavy atom. The van der Waals surface area contributed by atoms with Crippen molar-refractivity contribution in [2.24, 2.45) is 5.92 Å². The highest BCUT2D eigenvalue weighted by molar-refractivity contribution is 5.88. The van der Waals surface area contributed by atoms with E-state index in [2.05, 4.69) is 6.92 Å². The van der Waals surface area contributed by atoms with Crippen LogP contribution in [0.3, 0.4) is 0 Å². The van der Waals surface area contributed by atoms with E-state index in [-0.39, 0.29) is 11.9 Å². The average molecular weight is 128 g/mol. The van der Waals surface area contributed by atoms with Gasteiger partial charge < -0.3 is 4.74 Å². The predicted molar refractivity (Wildman–Crippen MR) is 34.2 cm³/mol. The van der Waals surface area contributed by atoms with Gasteiger partial charge in [0.1, 0.15) is 12.7 Å². The van der Waals surface area contributed by atoms with E-state index in [1.807, 2.05) is 6.92 Å². The monoisotopic (exact) mass is 128 g/mol. The van der Waals surface area contributed by atoms with Crippen molar-refractivity contribution in [3.63, 3.8) is 0 Å². The summed E-state index contributed by atoms with van der Waals surface area (Å²) in [5.41, 5.74) is 0. The number of ketones is 1. The minimum atomic E-state index is -0.0741. The van der Waals surface area contributed by atoms with Crippen molar-refractivity contribution in [1.82, 2.24) is 0 Å². The van der Waals surface area contributed by atoms with Crippen molar-refractivity contribution >= 4 is 5.78 Å². The highest BCUT2D eigenvalue weighted by Crippen LogP contribution is 2.18. The second kappa shape index (κ2) is 2.48. The van der Waals surface area contributed by atoms with Crippen LogP contribution in [-0.4, -0.2) is 18.5 Å². The first-order valence-corrected chi connectivity index (χ1v) is 3.40. The number of hydrogen-bond donors (Lipinski definition) is 0. The van der Waals surface area contributed by atoms with Gasteiger partial charge in [-0.15, -0.1) is 0 Å². The van der Waals surface area contributed by atoms with Gasteiger partial charge in [0.25, 0.3) is 0 Å². The van der Waals surface area contributed by atoms with E-state index < -0.39 is 0 Å². The number of ether oxygens (including phenoxy) is 1. The fraction of sp³-hybridized carbons (Fsp3) is 0.857. The highest BCUT2D eigenvalue weighted by Gasteiger charge is 2.32. The maximum absolute atomic E-state index is 10.7. The Hall–Kier alpha value is -0.370. The van der Waals surface area contributed by atoms with Gasteiger partial charge in [-0.3, -0.25) is 4.79 Å². The maximum atomic E-state index is 10.7. The van der Waals surface area contributed by atoms with E-state index in [4.69, 9.17) is 4.74 Å². The van der Waals surface area contributed by atoms with Crippen molar-refractivity contribution in [2.75, 3.05) is 6.61 Å². The lowest BCUT2D eigenvalue weighted by Crippen LogP contribution is -2.44. The molecular formula is C7H12O2. The summed E-state index contributed by atoms with van der Waals surface area (Å²) in [4.78, 5) is 10.7. The molecule has 0 radical (unpaired) electrons. The highest BCUT2D eigenvalue weighted by atomic mass is 16.5. The van der Waals surface area contributed by atoms with Crippen LogP contribution in [0.25, 0.3) is 0 Å². The molecule has 1 heterocycles. The number of carbonyl (C=O) groups excluding carboxylic acids is 1. The number of carbonyl (C=O) groups is 1. The molecule has 2 nitrogen and oxygen atoms in total. The summed E-state index contributed by atoms with van der Waals surface area (Å²) in [5.74, 6) is 0.676. The minimum Gasteiger partial charge on any atom is -0.362 e. The van der Waals surface area contributed by atoms with Gasteiger partial charge in [0.2, 0.25) is 0 Å². The topological polar surface area (TPSA) is 26.3 Å². The van der Waals surface area contributed by atoms with E-state index in [0.29, 0.717) is 12.5 Å². The van der Waals surface area contributed by atoms with Gasteiger partial charge in [-0.1, -0.05) is 20.3 Å². The first-order chi connectivity index (χ1) is 4.25. The molecule has 2 heteroatoms. The molecule has 2 atom stereocenters. The molecule has 0 aromatic carbocycles. The van der Waals surface area contributed by atoms with Crippen molar-refractivity contribution in [1.29, 1.82) is 0 Å². The number of rotatable bonds is 2. The lowest BCUT2D eigenvalue weighted by Gasteiger charge is -2.29. The molecule has 0 aliphatic carbocycles. The van der Waals surface area contributed by atoms with Crippen LogP contribution in [0.2, 0.25) is 0 Å². The average Bonchev–Trinajstić information content (AvgIpc) is 1.84. The summed E-state index contributed by atoms with van der Waals surface area (Å²) in [6.07, 6.45) is 0.950. The third-order valence-electron chi connectivity index (χ3n) is 1.88. The fourth-order valence-corrected chi connectivity index (χ4v) is 0.943. The first kappa shape index (κ1) is 6.75. The van der Waals surface area contributed by atoms with E-state index in [1.165, 1.54) is 0 Å². The molecular weight excluding hydrogens is 116 g/mol. The Bertz CT molecular complexity index is 120. The second-order valence-corrected chi connectivity index (χ2v) is 2.58. The van der Waals surface area contributed by atoms with Gasteiger partial charge in [-0.25, -0.2) is 0 Å². The van der Waals surface area contributed by atoms with Crippen molar-refractivity contribution in [3.05, 3.63) is 0 Å². The third kappa shape index (κ3) is 1.13. The molecule has 1 fully saturated rings. The molecule has 2 unspecified atom stereocenters. The standard InChI is InChI=1S/C7H12O2/c1-3-5(2)7-6(8)4-9-7/h5,7H,3-4H2,1-2H3. The van der Waals surface area contributed by atoms with Gasteiger partial charge in [-0.05, 0) is 5.92 Å². The molecule has 1 rings (SSSR count). The van der Waals surface area contributed by atoms with Gasteiger partial charge in [0.05, 0.1) is 0 Å². The molecule has 1 aliphatic heterocycles. The molecule has 1 aliphatic rings. The summed E-state index contributed by atoms with van der Waals surface area (Å²) in [6, 6.07) is 0. The van der Waals surface area contributed by atoms with Crippen LogP contribution in [-0.2, 0) is 9.53 Å². The second-order valence-electron chi connectivity index (χ2n) is 2.58. The minimum absolute atomic E-state index is 0.0741. The van der Waals surface area contributed by atoms with Crippen LogP contribution < -0.4 is 0 Å². The van der Waals surface area contributed by atoms with Crippen LogP contribution in [0.4, 0.5) is 0 Å². The summed E-state index contributed by atoms with van der Waals surface area (Å²) in [7, 11) is 0. The molecule has 0 aromatic heterocycles. The Morgan fingerprint density at radius 2 is 2.56 bits per heavy atom. The molecule has 0 amide bonds. The summed E-state index contributed by atoms with van der Waals surface area (Å²) < 4.78 is 5.05. The molecule has 0 N–H and O–H groups in total. The van der Waals surface area contributed by atoms with E-state index in [9.17, 15) is 4.79 Å². The third-order valence-corrected chi connectivity index (χ3v) is 1.88. The summed E-state index contributed by atoms with van der Waals surface area (Å²) in [5, 5.41) is 0. The van der Waals surface area contributed by atoms with Crippen molar-refractivity contribution < 1.29 is 9.53 Å². The predicted octanol–water partition coefficient (Wildman–Crippen LogP) is 1.00. The zero-order chi connectivity index (χ0) is 6.85. The molecule has 9 heavy (non-hydrogen) atoms. The molecule has 0 spiro atoms. The quantitative estimate of drug-likeness (QED) is 0.554. The first-order valence-electron chi connectivity index (χ1n) is 3.40. The van der Waals surface area contributed by atoms with Gasteiger partial charge in [-0.2, -0.15) is 0 Å². The number of hydrogen-bond acceptors (Lipinski definition) is 2. The van der Waals surface area contributed by atoms with Crippen molar-refractivity contribution in [2.45, 2.75) is 26.4 Å². The Kier molecular flexibility index (Phi) is 1.86. The van der Waals surface area contributed by atoms with Crippen LogP contribution in [0.15, 0.2) is 0 Å². The molecule has 1 saturated heterocycles. The summed E-state index contributed by atoms with van der Waals surface area (Å²) in [6.45, 7) is 4.45. The van der Waals surface area contributed by atoms with Crippen LogP contribution in [0.5, 0.6) is 0 Å². The molecule has 0 saturated carbocycles. The molecule has 0 aromatic rings. The lowest BCUT2D eigenvalue weighted by molar-refractivity contribution is -0.159. The van der Waals surface area contributed by atoms with Crippen LogP contribution in [0.1, 0.15) is 20.3 Å². The number of Topliss-reactive ketones (excluding diaryl/α,β-unsaturated/α-hetero) is 1. The fourth-order valence-electron chi connectivity index (χ4n) is 0.943. The zero-order valence-corrected chi connectivity index (χ0v) is 5.89. The van der Waals surface area contributed by atoms with Crippen LogP contribution >= 0.6 is 0 Å². The smallest absolute Gasteiger partial charge is 0.187 e. The van der Waals surface area contributed by atoms with Gasteiger partial charge in [0.15, 0.2) is 5.78 Å². The lowest BCUT2D eigenvalue weighted by atomic mass is 9.95. The Labute approximate surface area is 55.2 Å². The Morgan fingerprint density at radius 3 is 2.67 bits per heavy atom. The maximum Gasteiger partial charge on any atom is 0.187 e. The van der Waals surface area contributed by atoms with Gasteiger partial charge >= 0.3 is 0 Å². The van der Waals surface area contributed by atoms with Crippen molar-refractivity contribution in [3.8, 4) is 0 Å². The van der Waals surface area contributed by atoms with E-state index in [0.717, 1.165) is 6.42 Å².